The number of rotatable bonds is 4. The van der Waals surface area contributed by atoms with Crippen molar-refractivity contribution in [3.05, 3.63) is 39.7 Å². The number of anilines is 1. The van der Waals surface area contributed by atoms with Crippen molar-refractivity contribution in [2.75, 3.05) is 19.4 Å². The maximum absolute atomic E-state index is 12.2. The van der Waals surface area contributed by atoms with Crippen LogP contribution in [0, 0.1) is 3.57 Å². The van der Waals surface area contributed by atoms with E-state index in [0.29, 0.717) is 14.8 Å². The minimum absolute atomic E-state index is 0.0743. The first-order chi connectivity index (χ1) is 9.82. The molecule has 0 fully saturated rings. The van der Waals surface area contributed by atoms with E-state index < -0.39 is 15.9 Å². The van der Waals surface area contributed by atoms with Gasteiger partial charge in [0.15, 0.2) is 0 Å². The van der Waals surface area contributed by atoms with Gasteiger partial charge in [-0.15, -0.1) is 0 Å². The summed E-state index contributed by atoms with van der Waals surface area (Å²) >= 11 is 1.99. The van der Waals surface area contributed by atoms with E-state index in [9.17, 15) is 13.2 Å². The highest BCUT2D eigenvalue weighted by molar-refractivity contribution is 14.1. The molecule has 0 unspecified atom stereocenters. The lowest BCUT2D eigenvalue weighted by Gasteiger charge is -2.13. The van der Waals surface area contributed by atoms with Gasteiger partial charge >= 0.3 is 0 Å². The van der Waals surface area contributed by atoms with Gasteiger partial charge in [0.2, 0.25) is 10.0 Å². The Morgan fingerprint density at radius 3 is 2.67 bits per heavy atom. The SMILES string of the molecule is CN(C)S(=O)(=O)c1ccc(I)c(C(=O)Nc2cn[nH]c2)c1. The highest BCUT2D eigenvalue weighted by Gasteiger charge is 2.20. The Labute approximate surface area is 135 Å². The van der Waals surface area contributed by atoms with Crippen LogP contribution < -0.4 is 5.32 Å². The van der Waals surface area contributed by atoms with E-state index in [-0.39, 0.29) is 4.90 Å². The van der Waals surface area contributed by atoms with Crippen LogP contribution in [-0.4, -0.2) is 42.9 Å². The number of aromatic amines is 1. The van der Waals surface area contributed by atoms with Crippen molar-refractivity contribution in [1.29, 1.82) is 0 Å². The lowest BCUT2D eigenvalue weighted by molar-refractivity contribution is 0.102. The molecule has 0 saturated carbocycles. The smallest absolute Gasteiger partial charge is 0.256 e. The summed E-state index contributed by atoms with van der Waals surface area (Å²) in [6, 6.07) is 4.44. The van der Waals surface area contributed by atoms with Crippen LogP contribution in [0.1, 0.15) is 10.4 Å². The molecule has 21 heavy (non-hydrogen) atoms. The van der Waals surface area contributed by atoms with Gasteiger partial charge in [-0.25, -0.2) is 12.7 Å². The molecule has 2 N–H and O–H groups in total. The number of carbonyl (C=O) groups is 1. The molecule has 1 aromatic heterocycles. The standard InChI is InChI=1S/C12H13IN4O3S/c1-17(2)21(19,20)9-3-4-11(13)10(5-9)12(18)16-8-6-14-15-7-8/h3-7H,1-2H3,(H,14,15)(H,16,18). The molecular formula is C12H13IN4O3S. The largest absolute Gasteiger partial charge is 0.319 e. The number of halogens is 1. The van der Waals surface area contributed by atoms with Gasteiger partial charge in [-0.05, 0) is 40.8 Å². The molecule has 0 aliphatic rings. The molecule has 2 aromatic rings. The van der Waals surface area contributed by atoms with Crippen LogP contribution in [0.2, 0.25) is 0 Å². The number of hydrogen-bond donors (Lipinski definition) is 2. The summed E-state index contributed by atoms with van der Waals surface area (Å²) in [6.07, 6.45) is 3.00. The van der Waals surface area contributed by atoms with E-state index in [4.69, 9.17) is 0 Å². The number of H-pyrrole nitrogens is 1. The molecule has 7 nitrogen and oxygen atoms in total. The highest BCUT2D eigenvalue weighted by Crippen LogP contribution is 2.21. The number of carbonyl (C=O) groups excluding carboxylic acids is 1. The zero-order valence-electron chi connectivity index (χ0n) is 11.3. The monoisotopic (exact) mass is 420 g/mol. The molecule has 0 spiro atoms. The first kappa shape index (κ1) is 15.9. The molecule has 1 aromatic carbocycles. The predicted octanol–water partition coefficient (Wildman–Crippen LogP) is 1.52. The second-order valence-corrected chi connectivity index (χ2v) is 7.68. The third-order valence-corrected chi connectivity index (χ3v) is 5.47. The van der Waals surface area contributed by atoms with E-state index in [1.165, 1.54) is 38.6 Å². The normalized spacial score (nSPS) is 11.6. The molecule has 9 heteroatoms. The molecular weight excluding hydrogens is 407 g/mol. The fraction of sp³-hybridized carbons (Fsp3) is 0.167. The van der Waals surface area contributed by atoms with Crippen molar-refractivity contribution in [2.24, 2.45) is 0 Å². The van der Waals surface area contributed by atoms with E-state index in [1.54, 1.807) is 6.07 Å². The number of benzene rings is 1. The van der Waals surface area contributed by atoms with Gasteiger partial charge in [0.05, 0.1) is 22.3 Å². The van der Waals surface area contributed by atoms with Crippen molar-refractivity contribution in [3.63, 3.8) is 0 Å². The average molecular weight is 420 g/mol. The van der Waals surface area contributed by atoms with Gasteiger partial charge in [0.1, 0.15) is 0 Å². The maximum Gasteiger partial charge on any atom is 0.256 e. The number of hydrogen-bond acceptors (Lipinski definition) is 4. The van der Waals surface area contributed by atoms with Gasteiger partial charge < -0.3 is 5.32 Å². The number of nitrogens with zero attached hydrogens (tertiary/aromatic N) is 2. The molecule has 0 aliphatic carbocycles. The predicted molar refractivity (Wildman–Crippen MR) is 86.6 cm³/mol. The molecule has 0 aliphatic heterocycles. The highest BCUT2D eigenvalue weighted by atomic mass is 127. The summed E-state index contributed by atoms with van der Waals surface area (Å²) in [7, 11) is -0.694. The number of nitrogens with one attached hydrogen (secondary N) is 2. The summed E-state index contributed by atoms with van der Waals surface area (Å²) < 4.78 is 26.0. The molecule has 112 valence electrons. The van der Waals surface area contributed by atoms with Gasteiger partial charge in [0.25, 0.3) is 5.91 Å². The van der Waals surface area contributed by atoms with Gasteiger partial charge in [-0.3, -0.25) is 9.89 Å². The van der Waals surface area contributed by atoms with E-state index >= 15 is 0 Å². The summed E-state index contributed by atoms with van der Waals surface area (Å²) in [5.74, 6) is -0.392. The van der Waals surface area contributed by atoms with E-state index in [0.717, 1.165) is 4.31 Å². The van der Waals surface area contributed by atoms with Crippen LogP contribution in [0.15, 0.2) is 35.5 Å². The number of aromatic nitrogens is 2. The first-order valence-corrected chi connectivity index (χ1v) is 8.36. The fourth-order valence-electron chi connectivity index (χ4n) is 1.57. The van der Waals surface area contributed by atoms with Crippen LogP contribution in [0.5, 0.6) is 0 Å². The maximum atomic E-state index is 12.2. The third kappa shape index (κ3) is 3.41. The quantitative estimate of drug-likeness (QED) is 0.734. The Bertz CT molecular complexity index is 757. The van der Waals surface area contributed by atoms with Crippen molar-refractivity contribution >= 4 is 44.2 Å². The Hall–Kier alpha value is -1.46. The Balaban J connectivity index is 2.38. The van der Waals surface area contributed by atoms with Crippen LogP contribution >= 0.6 is 22.6 Å². The molecule has 1 amide bonds. The topological polar surface area (TPSA) is 95.2 Å². The Morgan fingerprint density at radius 1 is 1.38 bits per heavy atom. The number of amides is 1. The van der Waals surface area contributed by atoms with Crippen LogP contribution in [0.3, 0.4) is 0 Å². The third-order valence-electron chi connectivity index (χ3n) is 2.72. The first-order valence-electron chi connectivity index (χ1n) is 5.84. The summed E-state index contributed by atoms with van der Waals surface area (Å²) in [4.78, 5) is 12.3. The second-order valence-electron chi connectivity index (χ2n) is 4.37. The van der Waals surface area contributed by atoms with Crippen LogP contribution in [0.25, 0.3) is 0 Å². The molecule has 0 bridgehead atoms. The van der Waals surface area contributed by atoms with E-state index in [2.05, 4.69) is 15.5 Å². The molecule has 0 saturated heterocycles. The average Bonchev–Trinajstić information content (AvgIpc) is 2.91. The summed E-state index contributed by atoms with van der Waals surface area (Å²) in [5, 5.41) is 8.95. The van der Waals surface area contributed by atoms with Crippen molar-refractivity contribution < 1.29 is 13.2 Å². The Morgan fingerprint density at radius 2 is 2.10 bits per heavy atom. The minimum Gasteiger partial charge on any atom is -0.319 e. The lowest BCUT2D eigenvalue weighted by atomic mass is 10.2. The summed E-state index contributed by atoms with van der Waals surface area (Å²) in [5.41, 5.74) is 0.802. The van der Waals surface area contributed by atoms with Gasteiger partial charge in [-0.2, -0.15) is 5.10 Å². The zero-order chi connectivity index (χ0) is 15.6. The van der Waals surface area contributed by atoms with E-state index in [1.807, 2.05) is 22.6 Å². The van der Waals surface area contributed by atoms with Crippen molar-refractivity contribution in [2.45, 2.75) is 4.90 Å². The van der Waals surface area contributed by atoms with Crippen LogP contribution in [-0.2, 0) is 10.0 Å². The van der Waals surface area contributed by atoms with Gasteiger partial charge in [0, 0.05) is 23.9 Å². The van der Waals surface area contributed by atoms with Crippen molar-refractivity contribution in [1.82, 2.24) is 14.5 Å². The molecule has 0 atom stereocenters. The summed E-state index contributed by atoms with van der Waals surface area (Å²) in [6.45, 7) is 0. The van der Waals surface area contributed by atoms with Crippen molar-refractivity contribution in [3.8, 4) is 0 Å². The molecule has 1 heterocycles. The minimum atomic E-state index is -3.58. The number of sulfonamides is 1. The fourth-order valence-corrected chi connectivity index (χ4v) is 3.08. The Kier molecular flexibility index (Phi) is 4.64. The second kappa shape index (κ2) is 6.12. The molecule has 0 radical (unpaired) electrons. The zero-order valence-corrected chi connectivity index (χ0v) is 14.3. The van der Waals surface area contributed by atoms with Crippen LogP contribution in [0.4, 0.5) is 5.69 Å². The lowest BCUT2D eigenvalue weighted by Crippen LogP contribution is -2.23. The van der Waals surface area contributed by atoms with Gasteiger partial charge in [-0.1, -0.05) is 0 Å². The molecule has 2 rings (SSSR count).